The van der Waals surface area contributed by atoms with Crippen LogP contribution in [0.25, 0.3) is 0 Å². The molecule has 0 aromatic carbocycles. The third-order valence-electron chi connectivity index (χ3n) is 3.08. The largest absolute Gasteiger partial charge is 0.463 e. The van der Waals surface area contributed by atoms with Crippen LogP contribution in [-0.2, 0) is 19.0 Å². The fourth-order valence-corrected chi connectivity index (χ4v) is 2.26. The normalized spacial score (nSPS) is 26.9. The molecule has 0 aliphatic carbocycles. The van der Waals surface area contributed by atoms with Crippen molar-refractivity contribution in [2.24, 2.45) is 0 Å². The van der Waals surface area contributed by atoms with Crippen LogP contribution in [0.3, 0.4) is 0 Å². The summed E-state index contributed by atoms with van der Waals surface area (Å²) in [5, 5.41) is 9.24. The van der Waals surface area contributed by atoms with Gasteiger partial charge in [0.05, 0.1) is 12.7 Å². The van der Waals surface area contributed by atoms with Crippen LogP contribution in [0.2, 0.25) is 0 Å². The number of esters is 1. The Morgan fingerprint density at radius 3 is 2.75 bits per heavy atom. The molecule has 1 saturated heterocycles. The van der Waals surface area contributed by atoms with Gasteiger partial charge < -0.3 is 19.3 Å². The Labute approximate surface area is 120 Å². The molecule has 116 valence electrons. The Morgan fingerprint density at radius 2 is 2.15 bits per heavy atom. The van der Waals surface area contributed by atoms with Crippen LogP contribution < -0.4 is 0 Å². The van der Waals surface area contributed by atoms with Gasteiger partial charge in [0.15, 0.2) is 5.79 Å². The van der Waals surface area contributed by atoms with Crippen LogP contribution in [0.5, 0.6) is 0 Å². The molecule has 1 heterocycles. The minimum Gasteiger partial charge on any atom is -0.463 e. The first-order valence-electron chi connectivity index (χ1n) is 7.14. The van der Waals surface area contributed by atoms with Gasteiger partial charge in [-0.1, -0.05) is 12.2 Å². The number of carbonyl (C=O) groups excluding carboxylic acids is 1. The SMILES string of the molecule is CC(=O)O[C@@H](C)CCC/C=C/[C@H]1OC(C)(C)O[C@H]1CO. The van der Waals surface area contributed by atoms with Gasteiger partial charge in [-0.15, -0.1) is 0 Å². The molecular formula is C15H26O5. The predicted molar refractivity (Wildman–Crippen MR) is 75.1 cm³/mol. The summed E-state index contributed by atoms with van der Waals surface area (Å²) in [5.74, 6) is -0.885. The Bertz CT molecular complexity index is 337. The van der Waals surface area contributed by atoms with E-state index in [0.29, 0.717) is 0 Å². The predicted octanol–water partition coefficient (Wildman–Crippen LogP) is 2.18. The molecule has 3 atom stereocenters. The van der Waals surface area contributed by atoms with Crippen LogP contribution in [0.15, 0.2) is 12.2 Å². The maximum absolute atomic E-state index is 10.8. The lowest BCUT2D eigenvalue weighted by atomic mass is 10.1. The number of aliphatic hydroxyl groups excluding tert-OH is 1. The van der Waals surface area contributed by atoms with Gasteiger partial charge in [-0.05, 0) is 40.0 Å². The van der Waals surface area contributed by atoms with Crippen LogP contribution in [0.4, 0.5) is 0 Å². The lowest BCUT2D eigenvalue weighted by Crippen LogP contribution is -2.24. The molecule has 0 bridgehead atoms. The van der Waals surface area contributed by atoms with Gasteiger partial charge in [0, 0.05) is 6.92 Å². The second-order valence-electron chi connectivity index (χ2n) is 5.60. The first kappa shape index (κ1) is 17.1. The summed E-state index contributed by atoms with van der Waals surface area (Å²) in [6.07, 6.45) is 6.06. The van der Waals surface area contributed by atoms with Crippen molar-refractivity contribution in [3.05, 3.63) is 12.2 Å². The second-order valence-corrected chi connectivity index (χ2v) is 5.60. The molecule has 0 aromatic rings. The molecule has 1 aliphatic heterocycles. The fourth-order valence-electron chi connectivity index (χ4n) is 2.26. The molecular weight excluding hydrogens is 260 g/mol. The van der Waals surface area contributed by atoms with Crippen molar-refractivity contribution in [3.8, 4) is 0 Å². The molecule has 1 fully saturated rings. The summed E-state index contributed by atoms with van der Waals surface area (Å²) in [6, 6.07) is 0. The van der Waals surface area contributed by atoms with E-state index in [-0.39, 0.29) is 30.9 Å². The Balaban J connectivity index is 2.26. The Morgan fingerprint density at radius 1 is 1.45 bits per heavy atom. The topological polar surface area (TPSA) is 65.0 Å². The smallest absolute Gasteiger partial charge is 0.302 e. The summed E-state index contributed by atoms with van der Waals surface area (Å²) in [6.45, 7) is 6.93. The average molecular weight is 286 g/mol. The summed E-state index contributed by atoms with van der Waals surface area (Å²) in [5.41, 5.74) is 0. The number of unbranched alkanes of at least 4 members (excludes halogenated alkanes) is 1. The van der Waals surface area contributed by atoms with E-state index in [4.69, 9.17) is 14.2 Å². The van der Waals surface area contributed by atoms with E-state index >= 15 is 0 Å². The fraction of sp³-hybridized carbons (Fsp3) is 0.800. The van der Waals surface area contributed by atoms with Crippen LogP contribution in [0, 0.1) is 0 Å². The summed E-state index contributed by atoms with van der Waals surface area (Å²) >= 11 is 0. The highest BCUT2D eigenvalue weighted by Gasteiger charge is 2.39. The molecule has 5 nitrogen and oxygen atoms in total. The zero-order chi connectivity index (χ0) is 15.2. The third kappa shape index (κ3) is 6.03. The Hall–Kier alpha value is -0.910. The molecule has 1 aliphatic rings. The van der Waals surface area contributed by atoms with Crippen molar-refractivity contribution >= 4 is 5.97 Å². The first-order chi connectivity index (χ1) is 9.34. The van der Waals surface area contributed by atoms with Crippen molar-refractivity contribution < 1.29 is 24.1 Å². The summed E-state index contributed by atoms with van der Waals surface area (Å²) in [4.78, 5) is 10.8. The molecule has 0 spiro atoms. The van der Waals surface area contributed by atoms with Crippen molar-refractivity contribution in [1.82, 2.24) is 0 Å². The van der Waals surface area contributed by atoms with E-state index in [9.17, 15) is 9.90 Å². The number of hydrogen-bond donors (Lipinski definition) is 1. The van der Waals surface area contributed by atoms with Gasteiger partial charge >= 0.3 is 5.97 Å². The molecule has 20 heavy (non-hydrogen) atoms. The van der Waals surface area contributed by atoms with Gasteiger partial charge in [0.25, 0.3) is 0 Å². The van der Waals surface area contributed by atoms with Crippen molar-refractivity contribution in [2.45, 2.75) is 71.1 Å². The number of allylic oxidation sites excluding steroid dienone is 1. The molecule has 0 aromatic heterocycles. The highest BCUT2D eigenvalue weighted by Crippen LogP contribution is 2.28. The second kappa shape index (κ2) is 7.76. The lowest BCUT2D eigenvalue weighted by Gasteiger charge is -2.15. The quantitative estimate of drug-likeness (QED) is 0.441. The standard InChI is InChI=1S/C15H26O5/c1-11(18-12(2)17)8-6-5-7-9-13-14(10-16)20-15(3,4)19-13/h7,9,11,13-14,16H,5-6,8,10H2,1-4H3/b9-7+/t11-,13+,14-/m0/s1. The van der Waals surface area contributed by atoms with Crippen LogP contribution >= 0.6 is 0 Å². The Kier molecular flexibility index (Phi) is 6.65. The van der Waals surface area contributed by atoms with E-state index in [2.05, 4.69) is 0 Å². The van der Waals surface area contributed by atoms with Crippen LogP contribution in [0.1, 0.15) is 47.0 Å². The minimum atomic E-state index is -0.647. The maximum Gasteiger partial charge on any atom is 0.302 e. The van der Waals surface area contributed by atoms with E-state index in [1.807, 2.05) is 32.9 Å². The number of ether oxygens (including phenoxy) is 3. The van der Waals surface area contributed by atoms with E-state index in [0.717, 1.165) is 19.3 Å². The van der Waals surface area contributed by atoms with Crippen molar-refractivity contribution in [1.29, 1.82) is 0 Å². The van der Waals surface area contributed by atoms with E-state index in [1.54, 1.807) is 0 Å². The van der Waals surface area contributed by atoms with Gasteiger partial charge in [-0.3, -0.25) is 4.79 Å². The highest BCUT2D eigenvalue weighted by molar-refractivity contribution is 5.66. The van der Waals surface area contributed by atoms with Crippen molar-refractivity contribution in [2.75, 3.05) is 6.61 Å². The van der Waals surface area contributed by atoms with Crippen LogP contribution in [-0.4, -0.2) is 41.8 Å². The zero-order valence-electron chi connectivity index (χ0n) is 12.8. The lowest BCUT2D eigenvalue weighted by molar-refractivity contribution is -0.146. The third-order valence-corrected chi connectivity index (χ3v) is 3.08. The van der Waals surface area contributed by atoms with Gasteiger partial charge in [-0.2, -0.15) is 0 Å². The molecule has 5 heteroatoms. The minimum absolute atomic E-state index is 0.0453. The molecule has 1 rings (SSSR count). The molecule has 0 amide bonds. The number of hydrogen-bond acceptors (Lipinski definition) is 5. The molecule has 0 radical (unpaired) electrons. The summed E-state index contributed by atoms with van der Waals surface area (Å²) < 4.78 is 16.3. The van der Waals surface area contributed by atoms with E-state index < -0.39 is 5.79 Å². The maximum atomic E-state index is 10.8. The number of rotatable bonds is 7. The van der Waals surface area contributed by atoms with E-state index in [1.165, 1.54) is 6.92 Å². The first-order valence-corrected chi connectivity index (χ1v) is 7.14. The monoisotopic (exact) mass is 286 g/mol. The van der Waals surface area contributed by atoms with Gasteiger partial charge in [0.2, 0.25) is 0 Å². The molecule has 0 unspecified atom stereocenters. The molecule has 0 saturated carbocycles. The van der Waals surface area contributed by atoms with Gasteiger partial charge in [0.1, 0.15) is 12.2 Å². The van der Waals surface area contributed by atoms with Crippen molar-refractivity contribution in [3.63, 3.8) is 0 Å². The number of aliphatic hydroxyl groups is 1. The molecule has 1 N–H and O–H groups in total. The van der Waals surface area contributed by atoms with Gasteiger partial charge in [-0.25, -0.2) is 0 Å². The zero-order valence-corrected chi connectivity index (χ0v) is 12.8. The highest BCUT2D eigenvalue weighted by atomic mass is 16.8. The number of carbonyl (C=O) groups is 1. The summed E-state index contributed by atoms with van der Waals surface area (Å²) in [7, 11) is 0. The average Bonchev–Trinajstić information content (AvgIpc) is 2.62.